The highest BCUT2D eigenvalue weighted by molar-refractivity contribution is 5.71. The van der Waals surface area contributed by atoms with Gasteiger partial charge in [-0.2, -0.15) is 0 Å². The molecule has 0 saturated heterocycles. The number of carboxylic acids is 1. The van der Waals surface area contributed by atoms with Crippen molar-refractivity contribution in [3.05, 3.63) is 0 Å². The van der Waals surface area contributed by atoms with Crippen LogP contribution in [0.2, 0.25) is 0 Å². The van der Waals surface area contributed by atoms with Crippen LogP contribution in [-0.4, -0.2) is 40.1 Å². The van der Waals surface area contributed by atoms with Crippen molar-refractivity contribution < 1.29 is 34.3 Å². The molecule has 2 N–H and O–H groups in total. The van der Waals surface area contributed by atoms with Gasteiger partial charge in [-0.15, -0.1) is 0 Å². The number of carboxylic acid groups (broad SMARTS) is 2. The number of ether oxygens (including phenoxy) is 1. The molecule has 7 nitrogen and oxygen atoms in total. The first-order chi connectivity index (χ1) is 7.95. The first-order valence-corrected chi connectivity index (χ1v) is 5.42. The van der Waals surface area contributed by atoms with Gasteiger partial charge < -0.3 is 14.9 Å². The van der Waals surface area contributed by atoms with Gasteiger partial charge in [-0.3, -0.25) is 0 Å². The molecule has 0 spiro atoms. The van der Waals surface area contributed by atoms with Gasteiger partial charge in [0.25, 0.3) is 0 Å². The van der Waals surface area contributed by atoms with Crippen molar-refractivity contribution in [1.29, 1.82) is 0 Å². The molecule has 0 radical (unpaired) electrons. The number of aliphatic carboxylic acids is 1. The van der Waals surface area contributed by atoms with Crippen molar-refractivity contribution in [1.82, 2.24) is 0 Å². The third kappa shape index (κ3) is 17.1. The molecule has 0 rings (SSSR count). The lowest BCUT2D eigenvalue weighted by Crippen LogP contribution is -2.27. The molecule has 0 aromatic rings. The molecule has 0 amide bonds. The van der Waals surface area contributed by atoms with E-state index in [-0.39, 0.29) is 6.10 Å². The molecule has 0 aliphatic heterocycles. The molecule has 7 heteroatoms. The SMILES string of the molecule is CC(C)OC(=O)O.CC(OOC(C)(C)C)C(=O)O. The van der Waals surface area contributed by atoms with Crippen LogP contribution in [0.1, 0.15) is 41.5 Å². The maximum atomic E-state index is 10.2. The van der Waals surface area contributed by atoms with Crippen molar-refractivity contribution in [2.75, 3.05) is 0 Å². The van der Waals surface area contributed by atoms with Gasteiger partial charge in [0.05, 0.1) is 11.7 Å². The Morgan fingerprint density at radius 1 is 1.06 bits per heavy atom. The predicted octanol–water partition coefficient (Wildman–Crippen LogP) is 2.30. The van der Waals surface area contributed by atoms with E-state index in [4.69, 9.17) is 15.1 Å². The van der Waals surface area contributed by atoms with E-state index in [2.05, 4.69) is 9.62 Å². The maximum Gasteiger partial charge on any atom is 0.506 e. The summed E-state index contributed by atoms with van der Waals surface area (Å²) in [6.07, 6.45) is -2.36. The van der Waals surface area contributed by atoms with Gasteiger partial charge in [0, 0.05) is 0 Å². The van der Waals surface area contributed by atoms with Gasteiger partial charge >= 0.3 is 12.1 Å². The molecule has 0 heterocycles. The fraction of sp³-hybridized carbons (Fsp3) is 0.818. The van der Waals surface area contributed by atoms with E-state index in [1.807, 2.05) is 0 Å². The summed E-state index contributed by atoms with van der Waals surface area (Å²) in [6, 6.07) is 0. The first kappa shape index (κ1) is 19.0. The summed E-state index contributed by atoms with van der Waals surface area (Å²) >= 11 is 0. The van der Waals surface area contributed by atoms with Gasteiger partial charge in [0.15, 0.2) is 6.10 Å². The largest absolute Gasteiger partial charge is 0.506 e. The molecule has 0 aliphatic rings. The van der Waals surface area contributed by atoms with Gasteiger partial charge in [-0.05, 0) is 41.5 Å². The summed E-state index contributed by atoms with van der Waals surface area (Å²) in [5.41, 5.74) is -0.469. The van der Waals surface area contributed by atoms with Crippen LogP contribution in [0.25, 0.3) is 0 Å². The highest BCUT2D eigenvalue weighted by atomic mass is 17.2. The van der Waals surface area contributed by atoms with Gasteiger partial charge in [0.2, 0.25) is 0 Å². The van der Waals surface area contributed by atoms with Crippen molar-refractivity contribution in [2.45, 2.75) is 59.4 Å². The van der Waals surface area contributed by atoms with Gasteiger partial charge in [-0.25, -0.2) is 19.4 Å². The summed E-state index contributed by atoms with van der Waals surface area (Å²) in [6.45, 7) is 10.1. The molecular weight excluding hydrogens is 244 g/mol. The number of hydrogen-bond donors (Lipinski definition) is 2. The Hall–Kier alpha value is -1.34. The Balaban J connectivity index is 0. The van der Waals surface area contributed by atoms with E-state index < -0.39 is 23.8 Å². The predicted molar refractivity (Wildman–Crippen MR) is 63.3 cm³/mol. The molecule has 0 aliphatic carbocycles. The summed E-state index contributed by atoms with van der Waals surface area (Å²) in [5, 5.41) is 16.2. The molecule has 0 aromatic carbocycles. The standard InChI is InChI=1S/C7H14O4.C4H8O3/c1-5(6(8)9)10-11-7(2,3)4;1-3(2)7-4(5)6/h5H,1-4H3,(H,8,9);3H,1-2H3,(H,5,6). The van der Waals surface area contributed by atoms with E-state index in [1.54, 1.807) is 34.6 Å². The molecule has 108 valence electrons. The van der Waals surface area contributed by atoms with Crippen molar-refractivity contribution in [2.24, 2.45) is 0 Å². The van der Waals surface area contributed by atoms with Crippen LogP contribution in [0, 0.1) is 0 Å². The van der Waals surface area contributed by atoms with E-state index in [1.165, 1.54) is 6.92 Å². The van der Waals surface area contributed by atoms with Crippen LogP contribution in [0.5, 0.6) is 0 Å². The monoisotopic (exact) mass is 266 g/mol. The van der Waals surface area contributed by atoms with Crippen molar-refractivity contribution in [3.63, 3.8) is 0 Å². The molecule has 1 atom stereocenters. The quantitative estimate of drug-likeness (QED) is 0.457. The summed E-state index contributed by atoms with van der Waals surface area (Å²) < 4.78 is 4.17. The van der Waals surface area contributed by atoms with Gasteiger partial charge in [0.1, 0.15) is 0 Å². The first-order valence-electron chi connectivity index (χ1n) is 5.42. The zero-order valence-electron chi connectivity index (χ0n) is 11.6. The Kier molecular flexibility index (Phi) is 9.20. The maximum absolute atomic E-state index is 10.2. The smallest absolute Gasteiger partial charge is 0.479 e. The van der Waals surface area contributed by atoms with Crippen LogP contribution in [0.3, 0.4) is 0 Å². The fourth-order valence-electron chi connectivity index (χ4n) is 0.459. The number of hydrogen-bond acceptors (Lipinski definition) is 5. The second kappa shape index (κ2) is 8.71. The van der Waals surface area contributed by atoms with Crippen LogP contribution < -0.4 is 0 Å². The lowest BCUT2D eigenvalue weighted by atomic mass is 10.2. The minimum atomic E-state index is -1.21. The Labute approximate surface area is 107 Å². The van der Waals surface area contributed by atoms with Crippen LogP contribution in [0.4, 0.5) is 4.79 Å². The molecule has 18 heavy (non-hydrogen) atoms. The number of rotatable bonds is 4. The van der Waals surface area contributed by atoms with Crippen molar-refractivity contribution in [3.8, 4) is 0 Å². The molecule has 0 fully saturated rings. The second-order valence-corrected chi connectivity index (χ2v) is 4.70. The minimum Gasteiger partial charge on any atom is -0.479 e. The summed E-state index contributed by atoms with van der Waals surface area (Å²) in [4.78, 5) is 29.1. The summed E-state index contributed by atoms with van der Waals surface area (Å²) in [7, 11) is 0. The van der Waals surface area contributed by atoms with E-state index in [0.29, 0.717) is 0 Å². The zero-order valence-corrected chi connectivity index (χ0v) is 11.6. The average molecular weight is 266 g/mol. The lowest BCUT2D eigenvalue weighted by molar-refractivity contribution is -0.364. The molecule has 0 bridgehead atoms. The Morgan fingerprint density at radius 2 is 1.50 bits per heavy atom. The molecule has 0 aromatic heterocycles. The zero-order chi connectivity index (χ0) is 14.9. The number of carbonyl (C=O) groups is 2. The second-order valence-electron chi connectivity index (χ2n) is 4.70. The molecular formula is C11H22O7. The highest BCUT2D eigenvalue weighted by Crippen LogP contribution is 2.08. The average Bonchev–Trinajstić information content (AvgIpc) is 2.11. The minimum absolute atomic E-state index is 0.225. The Bertz CT molecular complexity index is 255. The molecule has 1 unspecified atom stereocenters. The lowest BCUT2D eigenvalue weighted by Gasteiger charge is -2.18. The topological polar surface area (TPSA) is 102 Å². The van der Waals surface area contributed by atoms with E-state index in [9.17, 15) is 9.59 Å². The third-order valence-corrected chi connectivity index (χ3v) is 1.13. The Morgan fingerprint density at radius 3 is 1.67 bits per heavy atom. The van der Waals surface area contributed by atoms with Crippen LogP contribution in [0.15, 0.2) is 0 Å². The van der Waals surface area contributed by atoms with Crippen LogP contribution in [-0.2, 0) is 19.3 Å². The van der Waals surface area contributed by atoms with E-state index in [0.717, 1.165) is 0 Å². The highest BCUT2D eigenvalue weighted by Gasteiger charge is 2.17. The van der Waals surface area contributed by atoms with Gasteiger partial charge in [-0.1, -0.05) is 0 Å². The van der Waals surface area contributed by atoms with Crippen molar-refractivity contribution >= 4 is 12.1 Å². The third-order valence-electron chi connectivity index (χ3n) is 1.13. The van der Waals surface area contributed by atoms with Crippen LogP contribution >= 0.6 is 0 Å². The summed E-state index contributed by atoms with van der Waals surface area (Å²) in [5.74, 6) is -1.03. The van der Waals surface area contributed by atoms with E-state index >= 15 is 0 Å². The fourth-order valence-corrected chi connectivity index (χ4v) is 0.459. The molecule has 0 saturated carbocycles. The normalized spacial score (nSPS) is 12.4.